The van der Waals surface area contributed by atoms with Gasteiger partial charge in [0.1, 0.15) is 0 Å². The number of methoxy groups -OCH3 is 1. The van der Waals surface area contributed by atoms with E-state index in [2.05, 4.69) is 21.2 Å². The molecule has 5 heteroatoms. The fourth-order valence-electron chi connectivity index (χ4n) is 2.35. The zero-order valence-electron chi connectivity index (χ0n) is 10.3. The van der Waals surface area contributed by atoms with E-state index in [-0.39, 0.29) is 11.5 Å². The minimum absolute atomic E-state index is 0.0489. The lowest BCUT2D eigenvalue weighted by atomic mass is 9.97. The Morgan fingerprint density at radius 2 is 2.33 bits per heavy atom. The molecule has 1 aliphatic heterocycles. The number of aromatic hydroxyl groups is 1. The average Bonchev–Trinajstić information content (AvgIpc) is 2.37. The Morgan fingerprint density at radius 1 is 1.56 bits per heavy atom. The highest BCUT2D eigenvalue weighted by atomic mass is 79.9. The second kappa shape index (κ2) is 5.89. The maximum absolute atomic E-state index is 13.9. The van der Waals surface area contributed by atoms with E-state index in [1.54, 1.807) is 6.07 Å². The molecule has 0 aromatic heterocycles. The normalized spacial score (nSPS) is 19.8. The summed E-state index contributed by atoms with van der Waals surface area (Å²) >= 11 is 3.26. The number of halogens is 2. The highest BCUT2D eigenvalue weighted by Crippen LogP contribution is 2.37. The number of rotatable bonds is 3. The van der Waals surface area contributed by atoms with Crippen LogP contribution in [0.25, 0.3) is 0 Å². The van der Waals surface area contributed by atoms with Gasteiger partial charge in [0.15, 0.2) is 11.5 Å². The van der Waals surface area contributed by atoms with Crippen molar-refractivity contribution in [3.05, 3.63) is 21.9 Å². The van der Waals surface area contributed by atoms with Crippen molar-refractivity contribution in [3.8, 4) is 11.5 Å². The van der Waals surface area contributed by atoms with E-state index in [1.807, 2.05) is 0 Å². The maximum Gasteiger partial charge on any atom is 0.208 e. The Morgan fingerprint density at radius 3 is 2.94 bits per heavy atom. The molecule has 0 amide bonds. The molecule has 1 aromatic rings. The molecule has 18 heavy (non-hydrogen) atoms. The number of ether oxygens (including phenoxy) is 1. The van der Waals surface area contributed by atoms with Crippen molar-refractivity contribution in [2.45, 2.75) is 31.7 Å². The Hall–Kier alpha value is -0.810. The molecule has 0 spiro atoms. The van der Waals surface area contributed by atoms with Gasteiger partial charge in [-0.2, -0.15) is 4.39 Å². The number of hydrogen-bond acceptors (Lipinski definition) is 3. The second-order valence-electron chi connectivity index (χ2n) is 4.56. The van der Waals surface area contributed by atoms with E-state index in [0.717, 1.165) is 13.0 Å². The smallest absolute Gasteiger partial charge is 0.208 e. The van der Waals surface area contributed by atoms with Gasteiger partial charge in [-0.3, -0.25) is 0 Å². The van der Waals surface area contributed by atoms with Gasteiger partial charge in [-0.1, -0.05) is 6.42 Å². The molecular formula is C13H17BrFNO2. The van der Waals surface area contributed by atoms with E-state index in [1.165, 1.54) is 20.0 Å². The zero-order chi connectivity index (χ0) is 13.1. The van der Waals surface area contributed by atoms with Crippen LogP contribution in [0.4, 0.5) is 4.39 Å². The Kier molecular flexibility index (Phi) is 4.45. The Balaban J connectivity index is 2.22. The largest absolute Gasteiger partial charge is 0.505 e. The van der Waals surface area contributed by atoms with Crippen LogP contribution in [0.5, 0.6) is 11.5 Å². The van der Waals surface area contributed by atoms with Crippen LogP contribution in [0.2, 0.25) is 0 Å². The van der Waals surface area contributed by atoms with Crippen LogP contribution in [-0.4, -0.2) is 24.8 Å². The first kappa shape index (κ1) is 13.6. The number of benzene rings is 1. The van der Waals surface area contributed by atoms with Crippen LogP contribution in [0.1, 0.15) is 24.8 Å². The summed E-state index contributed by atoms with van der Waals surface area (Å²) in [7, 11) is 1.38. The van der Waals surface area contributed by atoms with Gasteiger partial charge in [-0.15, -0.1) is 0 Å². The van der Waals surface area contributed by atoms with Crippen molar-refractivity contribution in [1.29, 1.82) is 0 Å². The summed E-state index contributed by atoms with van der Waals surface area (Å²) in [4.78, 5) is 0. The highest BCUT2D eigenvalue weighted by molar-refractivity contribution is 9.10. The van der Waals surface area contributed by atoms with E-state index >= 15 is 0 Å². The van der Waals surface area contributed by atoms with Crippen LogP contribution >= 0.6 is 15.9 Å². The van der Waals surface area contributed by atoms with Gasteiger partial charge in [0.25, 0.3) is 0 Å². The van der Waals surface area contributed by atoms with Crippen LogP contribution < -0.4 is 10.1 Å². The first-order valence-corrected chi connectivity index (χ1v) is 6.90. The number of nitrogens with one attached hydrogen (secondary N) is 1. The minimum atomic E-state index is -0.697. The molecule has 2 N–H and O–H groups in total. The zero-order valence-corrected chi connectivity index (χ0v) is 11.9. The SMILES string of the molecule is COc1c(Br)cc(CC2CCCCN2)c(O)c1F. The lowest BCUT2D eigenvalue weighted by Crippen LogP contribution is -2.35. The number of piperidine rings is 1. The molecule has 3 nitrogen and oxygen atoms in total. The molecule has 2 rings (SSSR count). The maximum atomic E-state index is 13.9. The van der Waals surface area contributed by atoms with E-state index in [4.69, 9.17) is 4.74 Å². The van der Waals surface area contributed by atoms with Gasteiger partial charge < -0.3 is 15.2 Å². The van der Waals surface area contributed by atoms with Crippen molar-refractivity contribution in [1.82, 2.24) is 5.32 Å². The Bertz CT molecular complexity index is 433. The van der Waals surface area contributed by atoms with Crippen LogP contribution in [0.3, 0.4) is 0 Å². The van der Waals surface area contributed by atoms with Gasteiger partial charge in [0.2, 0.25) is 5.82 Å². The Labute approximate surface area is 114 Å². The minimum Gasteiger partial charge on any atom is -0.505 e. The fraction of sp³-hybridized carbons (Fsp3) is 0.538. The summed E-state index contributed by atoms with van der Waals surface area (Å²) < 4.78 is 19.3. The van der Waals surface area contributed by atoms with Gasteiger partial charge in [-0.25, -0.2) is 0 Å². The molecule has 1 aliphatic rings. The van der Waals surface area contributed by atoms with Crippen molar-refractivity contribution in [2.75, 3.05) is 13.7 Å². The first-order chi connectivity index (χ1) is 8.63. The third-order valence-electron chi connectivity index (χ3n) is 3.31. The van der Waals surface area contributed by atoms with Crippen LogP contribution in [-0.2, 0) is 6.42 Å². The molecule has 100 valence electrons. The number of phenolic OH excluding ortho intramolecular Hbond substituents is 1. The van der Waals surface area contributed by atoms with Gasteiger partial charge >= 0.3 is 0 Å². The molecule has 0 radical (unpaired) electrons. The second-order valence-corrected chi connectivity index (χ2v) is 5.42. The van der Waals surface area contributed by atoms with E-state index in [9.17, 15) is 9.50 Å². The molecule has 0 saturated carbocycles. The van der Waals surface area contributed by atoms with Crippen molar-refractivity contribution < 1.29 is 14.2 Å². The van der Waals surface area contributed by atoms with Crippen molar-refractivity contribution in [2.24, 2.45) is 0 Å². The van der Waals surface area contributed by atoms with Gasteiger partial charge in [0, 0.05) is 6.04 Å². The average molecular weight is 318 g/mol. The number of phenols is 1. The van der Waals surface area contributed by atoms with Crippen molar-refractivity contribution >= 4 is 15.9 Å². The summed E-state index contributed by atoms with van der Waals surface area (Å²) in [5.41, 5.74) is 0.611. The van der Waals surface area contributed by atoms with Crippen LogP contribution in [0.15, 0.2) is 10.5 Å². The first-order valence-electron chi connectivity index (χ1n) is 6.10. The third-order valence-corrected chi connectivity index (χ3v) is 3.90. The van der Waals surface area contributed by atoms with E-state index < -0.39 is 5.82 Å². The van der Waals surface area contributed by atoms with Crippen LogP contribution in [0, 0.1) is 5.82 Å². The summed E-state index contributed by atoms with van der Waals surface area (Å²) in [6.45, 7) is 0.991. The fourth-order valence-corrected chi connectivity index (χ4v) is 2.96. The molecule has 0 bridgehead atoms. The monoisotopic (exact) mass is 317 g/mol. The standard InChI is InChI=1S/C13H17BrFNO2/c1-18-13-10(14)7-8(12(17)11(13)15)6-9-4-2-3-5-16-9/h7,9,16-17H,2-6H2,1H3. The predicted octanol–water partition coefficient (Wildman–Crippen LogP) is 2.99. The quantitative estimate of drug-likeness (QED) is 0.900. The molecule has 1 heterocycles. The summed E-state index contributed by atoms with van der Waals surface area (Å²) in [6, 6.07) is 2.04. The van der Waals surface area contributed by atoms with E-state index in [0.29, 0.717) is 22.5 Å². The molecule has 1 fully saturated rings. The summed E-state index contributed by atoms with van der Waals surface area (Å²) in [5, 5.41) is 13.2. The van der Waals surface area contributed by atoms with Gasteiger partial charge in [-0.05, 0) is 53.4 Å². The molecule has 0 aliphatic carbocycles. The molecule has 1 aromatic carbocycles. The third kappa shape index (κ3) is 2.78. The highest BCUT2D eigenvalue weighted by Gasteiger charge is 2.20. The topological polar surface area (TPSA) is 41.5 Å². The number of hydrogen-bond donors (Lipinski definition) is 2. The molecule has 1 saturated heterocycles. The lowest BCUT2D eigenvalue weighted by Gasteiger charge is -2.24. The molecular weight excluding hydrogens is 301 g/mol. The summed E-state index contributed by atoms with van der Waals surface area (Å²) in [6.07, 6.45) is 4.05. The lowest BCUT2D eigenvalue weighted by molar-refractivity contribution is 0.354. The van der Waals surface area contributed by atoms with Crippen molar-refractivity contribution in [3.63, 3.8) is 0 Å². The molecule has 1 unspecified atom stereocenters. The molecule has 1 atom stereocenters. The van der Waals surface area contributed by atoms with Gasteiger partial charge in [0.05, 0.1) is 11.6 Å². The summed E-state index contributed by atoms with van der Waals surface area (Å²) in [5.74, 6) is -0.951. The predicted molar refractivity (Wildman–Crippen MR) is 71.7 cm³/mol.